The number of aliphatic carboxylic acids is 2. The minimum atomic E-state index is -5.08. The van der Waals surface area contributed by atoms with Crippen molar-refractivity contribution in [2.75, 3.05) is 19.7 Å². The lowest BCUT2D eigenvalue weighted by molar-refractivity contribution is -0.193. The van der Waals surface area contributed by atoms with E-state index < -0.39 is 24.3 Å². The second kappa shape index (κ2) is 13.4. The molecule has 4 aromatic rings. The number of alkyl halides is 6. The van der Waals surface area contributed by atoms with Gasteiger partial charge in [0.25, 0.3) is 0 Å². The number of aryl methyl sites for hydroxylation is 1. The molecule has 0 amide bonds. The number of carbonyl (C=O) groups is 2. The van der Waals surface area contributed by atoms with Gasteiger partial charge in [0.2, 0.25) is 0 Å². The molecule has 0 aliphatic carbocycles. The van der Waals surface area contributed by atoms with E-state index in [4.69, 9.17) is 24.5 Å². The molecular formula is C24H23F6N7O5. The first-order valence-corrected chi connectivity index (χ1v) is 11.8. The molecule has 18 heteroatoms. The van der Waals surface area contributed by atoms with E-state index in [0.717, 1.165) is 42.0 Å². The van der Waals surface area contributed by atoms with Gasteiger partial charge in [-0.25, -0.2) is 14.1 Å². The van der Waals surface area contributed by atoms with Gasteiger partial charge in [-0.15, -0.1) is 5.10 Å². The number of carboxylic acids is 2. The molecule has 1 unspecified atom stereocenters. The van der Waals surface area contributed by atoms with E-state index in [1.165, 1.54) is 5.56 Å². The van der Waals surface area contributed by atoms with Gasteiger partial charge in [-0.3, -0.25) is 14.6 Å². The zero-order chi connectivity index (χ0) is 31.1. The van der Waals surface area contributed by atoms with Gasteiger partial charge in [-0.1, -0.05) is 17.3 Å². The van der Waals surface area contributed by atoms with Crippen LogP contribution in [0.25, 0.3) is 16.6 Å². The van der Waals surface area contributed by atoms with Crippen molar-refractivity contribution in [3.05, 3.63) is 66.5 Å². The maximum absolute atomic E-state index is 10.6. The summed E-state index contributed by atoms with van der Waals surface area (Å²) in [6.07, 6.45) is -0.686. The van der Waals surface area contributed by atoms with Gasteiger partial charge in [0, 0.05) is 68.2 Å². The zero-order valence-corrected chi connectivity index (χ0v) is 21.6. The van der Waals surface area contributed by atoms with E-state index in [9.17, 15) is 26.3 Å². The Labute approximate surface area is 232 Å². The fourth-order valence-corrected chi connectivity index (χ4v) is 3.67. The van der Waals surface area contributed by atoms with Gasteiger partial charge < -0.3 is 14.9 Å². The lowest BCUT2D eigenvalue weighted by Crippen LogP contribution is -2.38. The monoisotopic (exact) mass is 603 g/mol. The van der Waals surface area contributed by atoms with Gasteiger partial charge >= 0.3 is 24.3 Å². The first kappa shape index (κ1) is 31.9. The summed E-state index contributed by atoms with van der Waals surface area (Å²) in [5.41, 5.74) is 5.17. The number of aromatic nitrogens is 6. The first-order valence-electron chi connectivity index (χ1n) is 11.8. The van der Waals surface area contributed by atoms with Gasteiger partial charge in [-0.05, 0) is 12.1 Å². The van der Waals surface area contributed by atoms with Crippen LogP contribution < -0.4 is 0 Å². The highest BCUT2D eigenvalue weighted by atomic mass is 19.4. The number of pyridine rings is 2. The van der Waals surface area contributed by atoms with Crippen molar-refractivity contribution in [3.63, 3.8) is 0 Å². The molecule has 5 rings (SSSR count). The molecule has 12 nitrogen and oxygen atoms in total. The Morgan fingerprint density at radius 2 is 1.67 bits per heavy atom. The topological polar surface area (TPSA) is 148 Å². The molecular weight excluding hydrogens is 580 g/mol. The van der Waals surface area contributed by atoms with Crippen LogP contribution >= 0.6 is 0 Å². The van der Waals surface area contributed by atoms with E-state index in [-0.39, 0.29) is 6.10 Å². The second-order valence-corrected chi connectivity index (χ2v) is 8.69. The van der Waals surface area contributed by atoms with Crippen LogP contribution in [0.2, 0.25) is 0 Å². The molecule has 5 heterocycles. The molecule has 226 valence electrons. The number of morpholine rings is 1. The molecule has 42 heavy (non-hydrogen) atoms. The normalized spacial score (nSPS) is 15.7. The summed E-state index contributed by atoms with van der Waals surface area (Å²) in [5.74, 6) is -5.51. The molecule has 0 radical (unpaired) electrons. The fourth-order valence-electron chi connectivity index (χ4n) is 3.67. The standard InChI is InChI=1S/C20H21N7O.2C2HF3O2/c1-25-11-15(9-22-25)12-26-7-8-28-19(14-26)20-18-5-4-17(13-27(18)24-23-20)16-3-2-6-21-10-16;2*3-2(4,5)1(6)7/h2-6,9-11,13,19H,7-8,12,14H2,1H3;2*(H,6,7). The molecule has 1 aliphatic heterocycles. The lowest BCUT2D eigenvalue weighted by atomic mass is 10.1. The molecule has 1 atom stereocenters. The van der Waals surface area contributed by atoms with E-state index in [2.05, 4.69) is 43.6 Å². The predicted octanol–water partition coefficient (Wildman–Crippen LogP) is 3.36. The van der Waals surface area contributed by atoms with E-state index >= 15 is 0 Å². The van der Waals surface area contributed by atoms with Gasteiger partial charge in [0.15, 0.2) is 0 Å². The maximum atomic E-state index is 10.6. The third-order valence-electron chi connectivity index (χ3n) is 5.54. The van der Waals surface area contributed by atoms with E-state index in [1.54, 1.807) is 6.20 Å². The van der Waals surface area contributed by atoms with Crippen LogP contribution in [0.15, 0.2) is 55.2 Å². The Kier molecular flexibility index (Phi) is 10.2. The summed E-state index contributed by atoms with van der Waals surface area (Å²) in [4.78, 5) is 24.4. The summed E-state index contributed by atoms with van der Waals surface area (Å²) >= 11 is 0. The third kappa shape index (κ3) is 8.96. The molecule has 0 spiro atoms. The Morgan fingerprint density at radius 1 is 1.00 bits per heavy atom. The highest BCUT2D eigenvalue weighted by molar-refractivity contribution is 5.73. The van der Waals surface area contributed by atoms with Crippen molar-refractivity contribution in [2.45, 2.75) is 25.0 Å². The fraction of sp³-hybridized carbons (Fsp3) is 0.333. The van der Waals surface area contributed by atoms with Crippen molar-refractivity contribution in [1.82, 2.24) is 34.5 Å². The lowest BCUT2D eigenvalue weighted by Gasteiger charge is -2.31. The number of fused-ring (bicyclic) bond motifs is 1. The van der Waals surface area contributed by atoms with Crippen molar-refractivity contribution >= 4 is 17.5 Å². The first-order chi connectivity index (χ1) is 19.6. The number of rotatable bonds is 4. The maximum Gasteiger partial charge on any atom is 0.490 e. The predicted molar refractivity (Wildman–Crippen MR) is 131 cm³/mol. The van der Waals surface area contributed by atoms with Crippen LogP contribution in [-0.2, 0) is 27.9 Å². The number of halogens is 6. The smallest absolute Gasteiger partial charge is 0.475 e. The average Bonchev–Trinajstić information content (AvgIpc) is 3.54. The summed E-state index contributed by atoms with van der Waals surface area (Å²) in [6.45, 7) is 3.22. The Bertz CT molecular complexity index is 1470. The largest absolute Gasteiger partial charge is 0.490 e. The quantitative estimate of drug-likeness (QED) is 0.333. The number of nitrogens with zero attached hydrogens (tertiary/aromatic N) is 7. The van der Waals surface area contributed by atoms with Crippen LogP contribution in [0.1, 0.15) is 17.4 Å². The van der Waals surface area contributed by atoms with Crippen molar-refractivity contribution in [2.24, 2.45) is 7.05 Å². The van der Waals surface area contributed by atoms with Gasteiger partial charge in [0.1, 0.15) is 11.8 Å². The molecule has 0 aromatic carbocycles. The zero-order valence-electron chi connectivity index (χ0n) is 21.6. The van der Waals surface area contributed by atoms with Crippen LogP contribution in [0.3, 0.4) is 0 Å². The Morgan fingerprint density at radius 3 is 2.21 bits per heavy atom. The van der Waals surface area contributed by atoms with Crippen molar-refractivity contribution in [1.29, 1.82) is 0 Å². The summed E-state index contributed by atoms with van der Waals surface area (Å²) in [7, 11) is 1.94. The Hall–Kier alpha value is -4.58. The number of ether oxygens (including phenoxy) is 1. The van der Waals surface area contributed by atoms with Crippen LogP contribution in [0.5, 0.6) is 0 Å². The van der Waals surface area contributed by atoms with E-state index in [0.29, 0.717) is 6.61 Å². The van der Waals surface area contributed by atoms with Crippen molar-refractivity contribution < 1.29 is 50.9 Å². The molecule has 4 aromatic heterocycles. The van der Waals surface area contributed by atoms with Gasteiger partial charge in [0.05, 0.1) is 18.3 Å². The second-order valence-electron chi connectivity index (χ2n) is 8.69. The minimum absolute atomic E-state index is 0.0906. The molecule has 0 saturated carbocycles. The minimum Gasteiger partial charge on any atom is -0.475 e. The third-order valence-corrected chi connectivity index (χ3v) is 5.54. The highest BCUT2D eigenvalue weighted by Gasteiger charge is 2.38. The molecule has 1 fully saturated rings. The molecule has 1 aliphatic rings. The van der Waals surface area contributed by atoms with Gasteiger partial charge in [-0.2, -0.15) is 31.4 Å². The number of carboxylic acid groups (broad SMARTS) is 2. The highest BCUT2D eigenvalue weighted by Crippen LogP contribution is 2.27. The van der Waals surface area contributed by atoms with Crippen LogP contribution in [0.4, 0.5) is 26.3 Å². The summed E-state index contributed by atoms with van der Waals surface area (Å²) in [6, 6.07) is 8.10. The molecule has 1 saturated heterocycles. The van der Waals surface area contributed by atoms with Crippen LogP contribution in [0, 0.1) is 0 Å². The Balaban J connectivity index is 0.000000289. The van der Waals surface area contributed by atoms with Crippen LogP contribution in [-0.4, -0.2) is 88.7 Å². The number of hydrogen-bond acceptors (Lipinski definition) is 8. The summed E-state index contributed by atoms with van der Waals surface area (Å²) in [5, 5.41) is 27.3. The molecule has 2 N–H and O–H groups in total. The SMILES string of the molecule is Cn1cc(CN2CCOC(c3nnn4cc(-c5cccnc5)ccc34)C2)cn1.O=C(O)C(F)(F)F.O=C(O)C(F)(F)F. The molecule has 0 bridgehead atoms. The van der Waals surface area contributed by atoms with E-state index in [1.807, 2.05) is 47.0 Å². The number of hydrogen-bond donors (Lipinski definition) is 2. The summed E-state index contributed by atoms with van der Waals surface area (Å²) < 4.78 is 73.2. The van der Waals surface area contributed by atoms with Crippen molar-refractivity contribution in [3.8, 4) is 11.1 Å². The average molecular weight is 603 g/mol.